The lowest BCUT2D eigenvalue weighted by molar-refractivity contribution is -0.129. The van der Waals surface area contributed by atoms with E-state index in [0.29, 0.717) is 11.1 Å². The topological polar surface area (TPSA) is 66.5 Å². The summed E-state index contributed by atoms with van der Waals surface area (Å²) in [5.41, 5.74) is 2.03. The van der Waals surface area contributed by atoms with E-state index in [2.05, 4.69) is 4.72 Å². The number of carbonyl (C=O) groups excluding carboxylic acids is 1. The highest BCUT2D eigenvalue weighted by atomic mass is 32.2. The molecule has 26 heavy (non-hydrogen) atoms. The Labute approximate surface area is 153 Å². The summed E-state index contributed by atoms with van der Waals surface area (Å²) in [6, 6.07) is 11.3. The van der Waals surface area contributed by atoms with Gasteiger partial charge in [0.15, 0.2) is 0 Å². The number of rotatable bonds is 7. The van der Waals surface area contributed by atoms with Gasteiger partial charge in [0.1, 0.15) is 5.82 Å². The number of benzene rings is 2. The highest BCUT2D eigenvalue weighted by Crippen LogP contribution is 2.16. The lowest BCUT2D eigenvalue weighted by Crippen LogP contribution is -2.37. The van der Waals surface area contributed by atoms with Crippen LogP contribution >= 0.6 is 0 Å². The van der Waals surface area contributed by atoms with Gasteiger partial charge >= 0.3 is 0 Å². The zero-order chi connectivity index (χ0) is 19.3. The molecule has 0 aromatic heterocycles. The normalized spacial score (nSPS) is 11.4. The Balaban J connectivity index is 2.03. The summed E-state index contributed by atoms with van der Waals surface area (Å²) in [6.45, 7) is 5.29. The van der Waals surface area contributed by atoms with Crippen LogP contribution in [-0.2, 0) is 21.4 Å². The second kappa shape index (κ2) is 8.42. The number of sulfonamides is 1. The number of hydrogen-bond donors (Lipinski definition) is 1. The molecule has 0 radical (unpaired) electrons. The van der Waals surface area contributed by atoms with Crippen molar-refractivity contribution in [3.63, 3.8) is 0 Å². The monoisotopic (exact) mass is 378 g/mol. The Kier molecular flexibility index (Phi) is 6.50. The fourth-order valence-corrected chi connectivity index (χ4v) is 3.92. The van der Waals surface area contributed by atoms with Crippen molar-refractivity contribution in [3.8, 4) is 0 Å². The van der Waals surface area contributed by atoms with E-state index in [1.54, 1.807) is 43.3 Å². The van der Waals surface area contributed by atoms with Gasteiger partial charge in [0, 0.05) is 32.1 Å². The molecule has 2 aromatic carbocycles. The number of amides is 1. The fourth-order valence-electron chi connectivity index (χ4n) is 2.67. The van der Waals surface area contributed by atoms with Crippen LogP contribution in [0.5, 0.6) is 0 Å². The first kappa shape index (κ1) is 20.1. The number of halogens is 1. The number of nitrogens with zero attached hydrogens (tertiary/aromatic N) is 1. The van der Waals surface area contributed by atoms with E-state index in [1.165, 1.54) is 17.9 Å². The lowest BCUT2D eigenvalue weighted by atomic mass is 10.2. The maximum atomic E-state index is 13.8. The van der Waals surface area contributed by atoms with Crippen molar-refractivity contribution < 1.29 is 17.6 Å². The molecule has 1 N–H and O–H groups in total. The van der Waals surface area contributed by atoms with Gasteiger partial charge < -0.3 is 4.90 Å². The molecule has 140 valence electrons. The van der Waals surface area contributed by atoms with Gasteiger partial charge in [0.05, 0.1) is 4.90 Å². The third-order valence-corrected chi connectivity index (χ3v) is 5.68. The second-order valence-electron chi connectivity index (χ2n) is 6.20. The molecule has 0 spiro atoms. The summed E-state index contributed by atoms with van der Waals surface area (Å²) in [6.07, 6.45) is 0. The van der Waals surface area contributed by atoms with Gasteiger partial charge in [-0.3, -0.25) is 4.79 Å². The van der Waals surface area contributed by atoms with Crippen LogP contribution in [-0.4, -0.2) is 32.3 Å². The molecule has 0 aliphatic carbocycles. The van der Waals surface area contributed by atoms with E-state index in [9.17, 15) is 17.6 Å². The third kappa shape index (κ3) is 5.12. The highest BCUT2D eigenvalue weighted by molar-refractivity contribution is 7.89. The number of nitrogens with one attached hydrogen (secondary N) is 1. The molecular formula is C19H23FN2O3S. The van der Waals surface area contributed by atoms with E-state index < -0.39 is 15.8 Å². The van der Waals surface area contributed by atoms with Crippen LogP contribution in [0.25, 0.3) is 0 Å². The van der Waals surface area contributed by atoms with Gasteiger partial charge in [-0.15, -0.1) is 0 Å². The van der Waals surface area contributed by atoms with Crippen molar-refractivity contribution >= 4 is 15.9 Å². The number of hydrogen-bond acceptors (Lipinski definition) is 3. The minimum Gasteiger partial charge on any atom is -0.337 e. The summed E-state index contributed by atoms with van der Waals surface area (Å²) in [7, 11) is -3.67. The maximum absolute atomic E-state index is 13.8. The Morgan fingerprint density at radius 3 is 2.46 bits per heavy atom. The third-order valence-electron chi connectivity index (χ3n) is 4.06. The summed E-state index contributed by atoms with van der Waals surface area (Å²) in [4.78, 5) is 13.4. The standard InChI is InChI=1S/C19H23FN2O3S/c1-14-8-9-19(15(2)12-14)26(24,25)21-10-11-22(16(3)23)13-17-6-4-5-7-18(17)20/h4-9,12,21H,10-11,13H2,1-3H3. The van der Waals surface area contributed by atoms with Crippen LogP contribution < -0.4 is 4.72 Å². The molecular weight excluding hydrogens is 355 g/mol. The van der Waals surface area contributed by atoms with Crippen LogP contribution in [0.15, 0.2) is 47.4 Å². The first-order valence-corrected chi connectivity index (χ1v) is 9.75. The van der Waals surface area contributed by atoms with Crippen molar-refractivity contribution in [1.82, 2.24) is 9.62 Å². The molecule has 0 saturated heterocycles. The predicted octanol–water partition coefficient (Wildman–Crippen LogP) is 2.77. The van der Waals surface area contributed by atoms with E-state index in [1.807, 2.05) is 6.92 Å². The van der Waals surface area contributed by atoms with E-state index in [4.69, 9.17) is 0 Å². The summed E-state index contributed by atoms with van der Waals surface area (Å²) in [5, 5.41) is 0. The van der Waals surface area contributed by atoms with Crippen molar-refractivity contribution in [2.45, 2.75) is 32.2 Å². The molecule has 0 atom stereocenters. The smallest absolute Gasteiger partial charge is 0.240 e. The Bertz CT molecular complexity index is 897. The molecule has 0 aliphatic heterocycles. The van der Waals surface area contributed by atoms with Crippen molar-refractivity contribution in [3.05, 3.63) is 65.0 Å². The van der Waals surface area contributed by atoms with Gasteiger partial charge in [0.25, 0.3) is 0 Å². The predicted molar refractivity (Wildman–Crippen MR) is 98.6 cm³/mol. The quantitative estimate of drug-likeness (QED) is 0.806. The Morgan fingerprint density at radius 1 is 1.15 bits per heavy atom. The largest absolute Gasteiger partial charge is 0.337 e. The maximum Gasteiger partial charge on any atom is 0.240 e. The SMILES string of the molecule is CC(=O)N(CCNS(=O)(=O)c1ccc(C)cc1C)Cc1ccccc1F. The molecule has 2 rings (SSSR count). The molecule has 0 bridgehead atoms. The zero-order valence-electron chi connectivity index (χ0n) is 15.1. The van der Waals surface area contributed by atoms with Gasteiger partial charge in [-0.25, -0.2) is 17.5 Å². The first-order chi connectivity index (χ1) is 12.2. The van der Waals surface area contributed by atoms with Crippen molar-refractivity contribution in [2.24, 2.45) is 0 Å². The van der Waals surface area contributed by atoms with E-state index in [-0.39, 0.29) is 30.4 Å². The zero-order valence-corrected chi connectivity index (χ0v) is 15.9. The molecule has 0 aliphatic rings. The van der Waals surface area contributed by atoms with Crippen molar-refractivity contribution in [2.75, 3.05) is 13.1 Å². The van der Waals surface area contributed by atoms with Crippen LogP contribution in [0.4, 0.5) is 4.39 Å². The van der Waals surface area contributed by atoms with Gasteiger partial charge in [0.2, 0.25) is 15.9 Å². The van der Waals surface area contributed by atoms with E-state index in [0.717, 1.165) is 5.56 Å². The molecule has 0 unspecified atom stereocenters. The fraction of sp³-hybridized carbons (Fsp3) is 0.316. The summed E-state index contributed by atoms with van der Waals surface area (Å²) in [5.74, 6) is -0.645. The second-order valence-corrected chi connectivity index (χ2v) is 7.93. The average Bonchev–Trinajstić information content (AvgIpc) is 2.55. The molecule has 7 heteroatoms. The van der Waals surface area contributed by atoms with E-state index >= 15 is 0 Å². The Morgan fingerprint density at radius 2 is 1.85 bits per heavy atom. The van der Waals surface area contributed by atoms with Crippen molar-refractivity contribution in [1.29, 1.82) is 0 Å². The van der Waals surface area contributed by atoms with Gasteiger partial charge in [-0.2, -0.15) is 0 Å². The highest BCUT2D eigenvalue weighted by Gasteiger charge is 2.18. The van der Waals surface area contributed by atoms with Crippen LogP contribution in [0.2, 0.25) is 0 Å². The average molecular weight is 378 g/mol. The van der Waals surface area contributed by atoms with Gasteiger partial charge in [-0.1, -0.05) is 35.9 Å². The Hall–Kier alpha value is -2.25. The van der Waals surface area contributed by atoms with Crippen LogP contribution in [0.1, 0.15) is 23.6 Å². The molecule has 1 amide bonds. The minimum atomic E-state index is -3.67. The van der Waals surface area contributed by atoms with Crippen LogP contribution in [0, 0.1) is 19.7 Å². The summed E-state index contributed by atoms with van der Waals surface area (Å²) >= 11 is 0. The van der Waals surface area contributed by atoms with Gasteiger partial charge in [-0.05, 0) is 31.5 Å². The minimum absolute atomic E-state index is 0.0453. The lowest BCUT2D eigenvalue weighted by Gasteiger charge is -2.22. The number of aryl methyl sites for hydroxylation is 2. The molecule has 0 fully saturated rings. The number of carbonyl (C=O) groups is 1. The molecule has 2 aromatic rings. The molecule has 0 heterocycles. The molecule has 5 nitrogen and oxygen atoms in total. The van der Waals surface area contributed by atoms with Crippen LogP contribution in [0.3, 0.4) is 0 Å². The summed E-state index contributed by atoms with van der Waals surface area (Å²) < 4.78 is 41.2. The molecule has 0 saturated carbocycles. The first-order valence-electron chi connectivity index (χ1n) is 8.26.